The second kappa shape index (κ2) is 6.26. The van der Waals surface area contributed by atoms with Gasteiger partial charge in [0, 0.05) is 23.0 Å². The van der Waals surface area contributed by atoms with Gasteiger partial charge in [-0.15, -0.1) is 0 Å². The van der Waals surface area contributed by atoms with Crippen LogP contribution in [0.1, 0.15) is 32.0 Å². The fourth-order valence-corrected chi connectivity index (χ4v) is 2.43. The van der Waals surface area contributed by atoms with E-state index in [2.05, 4.69) is 16.4 Å². The minimum Gasteiger partial charge on any atom is -0.366 e. The summed E-state index contributed by atoms with van der Waals surface area (Å²) in [6, 6.07) is 15.8. The van der Waals surface area contributed by atoms with E-state index in [9.17, 15) is 9.59 Å². The third-order valence-corrected chi connectivity index (χ3v) is 3.66. The molecule has 2 amide bonds. The molecular formula is C18H14N4O2. The van der Waals surface area contributed by atoms with Crippen molar-refractivity contribution in [2.24, 2.45) is 5.73 Å². The van der Waals surface area contributed by atoms with Gasteiger partial charge in [-0.2, -0.15) is 5.26 Å². The number of rotatable bonds is 4. The first kappa shape index (κ1) is 15.3. The molecule has 2 aromatic carbocycles. The second-order valence-electron chi connectivity index (χ2n) is 5.34. The van der Waals surface area contributed by atoms with E-state index in [0.29, 0.717) is 16.8 Å². The number of nitrogens with one attached hydrogen (secondary N) is 2. The SMILES string of the molecule is N#Cc1ccc2cc(C(=O)NCc3cccc(C(N)=O)c3)[nH]c2c1. The minimum absolute atomic E-state index is 0.269. The predicted molar refractivity (Wildman–Crippen MR) is 89.1 cm³/mol. The predicted octanol–water partition coefficient (Wildman–Crippen LogP) is 2.07. The Kier molecular flexibility index (Phi) is 4.00. The molecule has 3 rings (SSSR count). The number of benzene rings is 2. The van der Waals surface area contributed by atoms with E-state index >= 15 is 0 Å². The first-order chi connectivity index (χ1) is 11.6. The van der Waals surface area contributed by atoms with Crippen molar-refractivity contribution in [3.8, 4) is 6.07 Å². The molecule has 0 radical (unpaired) electrons. The molecule has 0 aliphatic rings. The first-order valence-corrected chi connectivity index (χ1v) is 7.26. The molecule has 24 heavy (non-hydrogen) atoms. The van der Waals surface area contributed by atoms with Crippen molar-refractivity contribution in [2.75, 3.05) is 0 Å². The van der Waals surface area contributed by atoms with Crippen LogP contribution >= 0.6 is 0 Å². The molecule has 0 saturated heterocycles. The third kappa shape index (κ3) is 3.10. The number of amides is 2. The normalized spacial score (nSPS) is 10.3. The lowest BCUT2D eigenvalue weighted by atomic mass is 10.1. The van der Waals surface area contributed by atoms with Gasteiger partial charge in [-0.25, -0.2) is 0 Å². The summed E-state index contributed by atoms with van der Waals surface area (Å²) in [5.41, 5.74) is 8.09. The maximum atomic E-state index is 12.3. The quantitative estimate of drug-likeness (QED) is 0.684. The molecule has 0 atom stereocenters. The van der Waals surface area contributed by atoms with Crippen molar-refractivity contribution in [3.05, 3.63) is 70.9 Å². The van der Waals surface area contributed by atoms with Crippen LogP contribution in [-0.2, 0) is 6.54 Å². The molecular weight excluding hydrogens is 304 g/mol. The fourth-order valence-electron chi connectivity index (χ4n) is 2.43. The van der Waals surface area contributed by atoms with E-state index in [-0.39, 0.29) is 12.5 Å². The van der Waals surface area contributed by atoms with Crippen LogP contribution in [0.5, 0.6) is 0 Å². The van der Waals surface area contributed by atoms with E-state index in [0.717, 1.165) is 16.5 Å². The van der Waals surface area contributed by atoms with E-state index in [4.69, 9.17) is 11.0 Å². The van der Waals surface area contributed by atoms with Gasteiger partial charge in [0.1, 0.15) is 5.69 Å². The number of nitrogens with two attached hydrogens (primary N) is 1. The highest BCUT2D eigenvalue weighted by atomic mass is 16.2. The molecule has 0 fully saturated rings. The van der Waals surface area contributed by atoms with Gasteiger partial charge in [0.2, 0.25) is 5.91 Å². The number of nitriles is 1. The number of H-pyrrole nitrogens is 1. The van der Waals surface area contributed by atoms with Gasteiger partial charge in [0.05, 0.1) is 11.6 Å². The summed E-state index contributed by atoms with van der Waals surface area (Å²) in [4.78, 5) is 26.4. The monoisotopic (exact) mass is 318 g/mol. The number of nitrogens with zero attached hydrogens (tertiary/aromatic N) is 1. The van der Waals surface area contributed by atoms with Gasteiger partial charge in [-0.3, -0.25) is 9.59 Å². The zero-order chi connectivity index (χ0) is 17.1. The van der Waals surface area contributed by atoms with Crippen LogP contribution in [0, 0.1) is 11.3 Å². The Morgan fingerprint density at radius 1 is 1.17 bits per heavy atom. The highest BCUT2D eigenvalue weighted by molar-refractivity contribution is 5.98. The van der Waals surface area contributed by atoms with Gasteiger partial charge in [-0.1, -0.05) is 18.2 Å². The summed E-state index contributed by atoms with van der Waals surface area (Å²) in [5, 5.41) is 12.5. The van der Waals surface area contributed by atoms with E-state index < -0.39 is 5.91 Å². The summed E-state index contributed by atoms with van der Waals surface area (Å²) in [6.45, 7) is 0.277. The van der Waals surface area contributed by atoms with Crippen molar-refractivity contribution in [1.29, 1.82) is 5.26 Å². The maximum Gasteiger partial charge on any atom is 0.267 e. The number of fused-ring (bicyclic) bond motifs is 1. The van der Waals surface area contributed by atoms with Crippen LogP contribution in [0.3, 0.4) is 0 Å². The molecule has 0 saturated carbocycles. The standard InChI is InChI=1S/C18H14N4O2/c19-9-11-4-5-13-8-16(22-15(13)7-11)18(24)21-10-12-2-1-3-14(6-12)17(20)23/h1-8,22H,10H2,(H2,20,23)(H,21,24). The van der Waals surface area contributed by atoms with Gasteiger partial charge >= 0.3 is 0 Å². The molecule has 6 nitrogen and oxygen atoms in total. The number of carbonyl (C=O) groups is 2. The number of primary amides is 1. The van der Waals surface area contributed by atoms with Gasteiger partial charge in [0.25, 0.3) is 5.91 Å². The Morgan fingerprint density at radius 3 is 2.75 bits per heavy atom. The first-order valence-electron chi connectivity index (χ1n) is 7.26. The summed E-state index contributed by atoms with van der Waals surface area (Å²) in [6.07, 6.45) is 0. The smallest absolute Gasteiger partial charge is 0.267 e. The van der Waals surface area contributed by atoms with Crippen LogP contribution in [-0.4, -0.2) is 16.8 Å². The molecule has 0 unspecified atom stereocenters. The Balaban J connectivity index is 1.74. The second-order valence-corrected chi connectivity index (χ2v) is 5.34. The molecule has 0 aliphatic heterocycles. The van der Waals surface area contributed by atoms with Crippen molar-refractivity contribution in [2.45, 2.75) is 6.54 Å². The average Bonchev–Trinajstić information content (AvgIpc) is 3.03. The molecule has 0 spiro atoms. The van der Waals surface area contributed by atoms with Crippen LogP contribution < -0.4 is 11.1 Å². The van der Waals surface area contributed by atoms with E-state index in [1.165, 1.54) is 0 Å². The third-order valence-electron chi connectivity index (χ3n) is 3.66. The highest BCUT2D eigenvalue weighted by Gasteiger charge is 2.10. The fraction of sp³-hybridized carbons (Fsp3) is 0.0556. The Morgan fingerprint density at radius 2 is 2.00 bits per heavy atom. The zero-order valence-electron chi connectivity index (χ0n) is 12.7. The van der Waals surface area contributed by atoms with Crippen LogP contribution in [0.2, 0.25) is 0 Å². The molecule has 1 heterocycles. The van der Waals surface area contributed by atoms with E-state index in [1.807, 2.05) is 0 Å². The molecule has 1 aromatic heterocycles. The van der Waals surface area contributed by atoms with Crippen molar-refractivity contribution >= 4 is 22.7 Å². The summed E-state index contributed by atoms with van der Waals surface area (Å²) >= 11 is 0. The average molecular weight is 318 g/mol. The number of carbonyl (C=O) groups excluding carboxylic acids is 2. The number of aromatic amines is 1. The molecule has 0 aliphatic carbocycles. The van der Waals surface area contributed by atoms with Crippen molar-refractivity contribution in [3.63, 3.8) is 0 Å². The maximum absolute atomic E-state index is 12.3. The topological polar surface area (TPSA) is 112 Å². The Hall–Kier alpha value is -3.59. The summed E-state index contributed by atoms with van der Waals surface area (Å²) in [7, 11) is 0. The zero-order valence-corrected chi connectivity index (χ0v) is 12.7. The van der Waals surface area contributed by atoms with Crippen LogP contribution in [0.15, 0.2) is 48.5 Å². The largest absolute Gasteiger partial charge is 0.366 e. The summed E-state index contributed by atoms with van der Waals surface area (Å²) < 4.78 is 0. The van der Waals surface area contributed by atoms with Crippen molar-refractivity contribution in [1.82, 2.24) is 10.3 Å². The van der Waals surface area contributed by atoms with Crippen LogP contribution in [0.25, 0.3) is 10.9 Å². The Bertz CT molecular complexity index is 982. The lowest BCUT2D eigenvalue weighted by Gasteiger charge is -2.05. The molecule has 3 aromatic rings. The molecule has 6 heteroatoms. The van der Waals surface area contributed by atoms with Gasteiger partial charge in [0.15, 0.2) is 0 Å². The molecule has 118 valence electrons. The lowest BCUT2D eigenvalue weighted by Crippen LogP contribution is -2.23. The highest BCUT2D eigenvalue weighted by Crippen LogP contribution is 2.17. The molecule has 0 bridgehead atoms. The van der Waals surface area contributed by atoms with Gasteiger partial charge < -0.3 is 16.0 Å². The van der Waals surface area contributed by atoms with Crippen LogP contribution in [0.4, 0.5) is 0 Å². The Labute approximate surface area is 137 Å². The summed E-state index contributed by atoms with van der Waals surface area (Å²) in [5.74, 6) is -0.777. The number of aromatic nitrogens is 1. The van der Waals surface area contributed by atoms with Crippen molar-refractivity contribution < 1.29 is 9.59 Å². The number of hydrogen-bond acceptors (Lipinski definition) is 3. The van der Waals surface area contributed by atoms with Gasteiger partial charge in [-0.05, 0) is 35.9 Å². The molecule has 4 N–H and O–H groups in total. The van der Waals surface area contributed by atoms with E-state index in [1.54, 1.807) is 48.5 Å². The minimum atomic E-state index is -0.507. The number of hydrogen-bond donors (Lipinski definition) is 3. The lowest BCUT2D eigenvalue weighted by molar-refractivity contribution is 0.0946.